The first-order valence-corrected chi connectivity index (χ1v) is 9.27. The number of para-hydroxylation sites is 1. The Balaban J connectivity index is 1.97. The Kier molecular flexibility index (Phi) is 3.77. The van der Waals surface area contributed by atoms with E-state index in [4.69, 9.17) is 16.6 Å². The average molecular weight is 433 g/mol. The molecule has 0 unspecified atom stereocenters. The van der Waals surface area contributed by atoms with Crippen LogP contribution in [0.2, 0.25) is 5.02 Å². The van der Waals surface area contributed by atoms with Crippen LogP contribution in [0.3, 0.4) is 0 Å². The lowest BCUT2D eigenvalue weighted by atomic mass is 10.1. The summed E-state index contributed by atoms with van der Waals surface area (Å²) in [5.41, 5.74) is 5.77. The van der Waals surface area contributed by atoms with Crippen LogP contribution in [0.25, 0.3) is 33.1 Å². The Morgan fingerprint density at radius 2 is 2.00 bits per heavy atom. The Morgan fingerprint density at radius 3 is 2.83 bits per heavy atom. The van der Waals surface area contributed by atoms with Crippen molar-refractivity contribution in [2.45, 2.75) is 4.43 Å². The van der Waals surface area contributed by atoms with Crippen molar-refractivity contribution in [3.05, 3.63) is 65.3 Å². The summed E-state index contributed by atoms with van der Waals surface area (Å²) >= 11 is 8.47. The summed E-state index contributed by atoms with van der Waals surface area (Å²) in [6, 6.07) is 16.5. The van der Waals surface area contributed by atoms with Gasteiger partial charge in [-0.05, 0) is 29.8 Å². The van der Waals surface area contributed by atoms with E-state index in [-0.39, 0.29) is 0 Å². The molecular weight excluding hydrogens is 419 g/mol. The van der Waals surface area contributed by atoms with Gasteiger partial charge in [-0.25, -0.2) is 4.98 Å². The second-order valence-electron chi connectivity index (χ2n) is 5.63. The van der Waals surface area contributed by atoms with Gasteiger partial charge in [0.2, 0.25) is 0 Å². The number of nitrogens with zero attached hydrogens (tertiary/aromatic N) is 2. The minimum atomic E-state index is 0.740. The molecule has 0 saturated carbocycles. The van der Waals surface area contributed by atoms with Gasteiger partial charge in [0.05, 0.1) is 16.7 Å². The highest BCUT2D eigenvalue weighted by Gasteiger charge is 2.12. The fourth-order valence-electron chi connectivity index (χ4n) is 3.11. The van der Waals surface area contributed by atoms with E-state index in [0.29, 0.717) is 0 Å². The minimum absolute atomic E-state index is 0.740. The summed E-state index contributed by atoms with van der Waals surface area (Å²) in [5, 5.41) is 3.06. The lowest BCUT2D eigenvalue weighted by Gasteiger charge is -2.04. The largest absolute Gasteiger partial charge is 0.350 e. The third-order valence-corrected chi connectivity index (χ3v) is 5.21. The number of benzene rings is 2. The zero-order valence-corrected chi connectivity index (χ0v) is 15.5. The van der Waals surface area contributed by atoms with Crippen molar-refractivity contribution in [2.24, 2.45) is 7.05 Å². The van der Waals surface area contributed by atoms with Crippen molar-refractivity contribution in [1.29, 1.82) is 0 Å². The van der Waals surface area contributed by atoms with Crippen LogP contribution >= 0.6 is 34.2 Å². The molecule has 4 rings (SSSR count). The summed E-state index contributed by atoms with van der Waals surface area (Å²) in [6.07, 6.45) is 2.17. The van der Waals surface area contributed by atoms with Crippen molar-refractivity contribution in [1.82, 2.24) is 9.55 Å². The van der Waals surface area contributed by atoms with Crippen LogP contribution in [0.1, 0.15) is 5.56 Å². The molecule has 0 radical (unpaired) electrons. The molecule has 0 atom stereocenters. The first-order chi connectivity index (χ1) is 11.2. The summed E-state index contributed by atoms with van der Waals surface area (Å²) in [4.78, 5) is 4.83. The monoisotopic (exact) mass is 432 g/mol. The maximum atomic E-state index is 6.06. The molecule has 4 aromatic rings. The molecular formula is C19H14ClIN2. The molecule has 2 aromatic carbocycles. The maximum Gasteiger partial charge on any atom is 0.0731 e. The van der Waals surface area contributed by atoms with Gasteiger partial charge in [-0.1, -0.05) is 58.5 Å². The fourth-order valence-corrected chi connectivity index (χ4v) is 3.91. The average Bonchev–Trinajstić information content (AvgIpc) is 2.91. The molecule has 2 heterocycles. The number of aromatic nitrogens is 2. The molecule has 23 heavy (non-hydrogen) atoms. The van der Waals surface area contributed by atoms with Crippen molar-refractivity contribution in [2.75, 3.05) is 0 Å². The van der Waals surface area contributed by atoms with Crippen LogP contribution < -0.4 is 0 Å². The van der Waals surface area contributed by atoms with Gasteiger partial charge in [0.1, 0.15) is 0 Å². The van der Waals surface area contributed by atoms with Crippen LogP contribution in [-0.4, -0.2) is 9.55 Å². The van der Waals surface area contributed by atoms with Crippen LogP contribution in [0, 0.1) is 0 Å². The zero-order valence-electron chi connectivity index (χ0n) is 12.6. The third-order valence-electron chi connectivity index (χ3n) is 4.16. The number of aryl methyl sites for hydroxylation is 1. The number of hydrogen-bond acceptors (Lipinski definition) is 1. The minimum Gasteiger partial charge on any atom is -0.350 e. The van der Waals surface area contributed by atoms with Gasteiger partial charge in [-0.3, -0.25) is 0 Å². The van der Waals surface area contributed by atoms with Gasteiger partial charge in [-0.2, -0.15) is 0 Å². The van der Waals surface area contributed by atoms with Crippen molar-refractivity contribution in [3.63, 3.8) is 0 Å². The second kappa shape index (κ2) is 5.80. The molecule has 0 amide bonds. The number of rotatable bonds is 2. The van der Waals surface area contributed by atoms with Gasteiger partial charge < -0.3 is 4.57 Å². The summed E-state index contributed by atoms with van der Waals surface area (Å²) in [6.45, 7) is 0. The summed E-state index contributed by atoms with van der Waals surface area (Å²) < 4.78 is 3.20. The van der Waals surface area contributed by atoms with E-state index in [1.54, 1.807) is 0 Å². The van der Waals surface area contributed by atoms with Crippen molar-refractivity contribution in [3.8, 4) is 11.3 Å². The normalized spacial score (nSPS) is 11.4. The fraction of sp³-hybridized carbons (Fsp3) is 0.105. The predicted octanol–water partition coefficient (Wildman–Crippen LogP) is 5.98. The van der Waals surface area contributed by atoms with E-state index in [2.05, 4.69) is 70.7 Å². The highest BCUT2D eigenvalue weighted by molar-refractivity contribution is 14.1. The molecule has 0 aliphatic rings. The van der Waals surface area contributed by atoms with E-state index in [1.165, 1.54) is 22.0 Å². The van der Waals surface area contributed by atoms with Gasteiger partial charge in [-0.15, -0.1) is 0 Å². The highest BCUT2D eigenvalue weighted by atomic mass is 127. The van der Waals surface area contributed by atoms with E-state index >= 15 is 0 Å². The standard InChI is InChI=1S/C19H14ClIN2/c1-23-11-16(15-4-2-3-13(10-21)19(15)23)18-7-5-12-9-14(20)6-8-17(12)22-18/h2-9,11H,10H2,1H3. The van der Waals surface area contributed by atoms with Crippen molar-refractivity contribution < 1.29 is 0 Å². The lowest BCUT2D eigenvalue weighted by molar-refractivity contribution is 0.964. The second-order valence-corrected chi connectivity index (χ2v) is 6.83. The molecule has 0 aliphatic carbocycles. The SMILES string of the molecule is Cn1cc(-c2ccc3cc(Cl)ccc3n2)c2cccc(CI)c21. The Morgan fingerprint density at radius 1 is 1.13 bits per heavy atom. The van der Waals surface area contributed by atoms with E-state index < -0.39 is 0 Å². The molecule has 0 saturated heterocycles. The topological polar surface area (TPSA) is 17.8 Å². The number of alkyl halides is 1. The van der Waals surface area contributed by atoms with Crippen LogP contribution in [0.15, 0.2) is 54.7 Å². The molecule has 2 aromatic heterocycles. The predicted molar refractivity (Wildman–Crippen MR) is 106 cm³/mol. The van der Waals surface area contributed by atoms with Crippen molar-refractivity contribution >= 4 is 56.0 Å². The first-order valence-electron chi connectivity index (χ1n) is 7.37. The number of halogens is 2. The van der Waals surface area contributed by atoms with E-state index in [1.807, 2.05) is 18.2 Å². The highest BCUT2D eigenvalue weighted by Crippen LogP contribution is 2.33. The third kappa shape index (κ3) is 2.52. The number of pyridine rings is 1. The molecule has 0 aliphatic heterocycles. The Labute approximate surface area is 153 Å². The van der Waals surface area contributed by atoms with Gasteiger partial charge in [0.15, 0.2) is 0 Å². The van der Waals surface area contributed by atoms with Gasteiger partial charge in [0, 0.05) is 39.0 Å². The summed E-state index contributed by atoms with van der Waals surface area (Å²) in [5.74, 6) is 0. The van der Waals surface area contributed by atoms with E-state index in [0.717, 1.165) is 26.0 Å². The maximum absolute atomic E-state index is 6.06. The molecule has 4 heteroatoms. The molecule has 2 nitrogen and oxygen atoms in total. The lowest BCUT2D eigenvalue weighted by Crippen LogP contribution is -1.88. The number of hydrogen-bond donors (Lipinski definition) is 0. The van der Waals surface area contributed by atoms with Crippen LogP contribution in [0.4, 0.5) is 0 Å². The molecule has 0 N–H and O–H groups in total. The molecule has 0 fully saturated rings. The summed E-state index contributed by atoms with van der Waals surface area (Å²) in [7, 11) is 2.10. The van der Waals surface area contributed by atoms with E-state index in [9.17, 15) is 0 Å². The Hall–Kier alpha value is -1.59. The Bertz CT molecular complexity index is 1040. The smallest absolute Gasteiger partial charge is 0.0731 e. The zero-order chi connectivity index (χ0) is 16.0. The van der Waals surface area contributed by atoms with Crippen LogP contribution in [0.5, 0.6) is 0 Å². The number of fused-ring (bicyclic) bond motifs is 2. The van der Waals surface area contributed by atoms with Crippen LogP contribution in [-0.2, 0) is 11.5 Å². The van der Waals surface area contributed by atoms with Gasteiger partial charge in [0.25, 0.3) is 0 Å². The first kappa shape index (κ1) is 15.0. The molecule has 0 spiro atoms. The van der Waals surface area contributed by atoms with Gasteiger partial charge >= 0.3 is 0 Å². The quantitative estimate of drug-likeness (QED) is 0.281. The molecule has 0 bridgehead atoms. The molecule has 114 valence electrons.